The number of hydrogen-bond acceptors (Lipinski definition) is 10. The quantitative estimate of drug-likeness (QED) is 0.500. The largest absolute Gasteiger partial charge is 0.483 e. The third-order valence-electron chi connectivity index (χ3n) is 3.99. The van der Waals surface area contributed by atoms with E-state index < -0.39 is 5.91 Å². The summed E-state index contributed by atoms with van der Waals surface area (Å²) in [5.41, 5.74) is 5.78. The zero-order chi connectivity index (χ0) is 19.2. The minimum Gasteiger partial charge on any atom is -0.483 e. The number of amides is 1. The first-order valence-electron chi connectivity index (χ1n) is 8.70. The molecule has 1 saturated heterocycles. The molecule has 0 aliphatic carbocycles. The van der Waals surface area contributed by atoms with Crippen LogP contribution >= 0.6 is 0 Å². The standard InChI is InChI=1S/C17H18N8O3/c26-15(10-28-13-5-6-19-12-4-2-1-3-11(12)13)20-23-17-24-21-16(22-25-17)14-9-18-7-8-27-14/h1-6,14,18H,7-10H2,(H,20,26)(H,23,24,25). The lowest BCUT2D eigenvalue weighted by Gasteiger charge is -2.21. The van der Waals surface area contributed by atoms with Crippen molar-refractivity contribution >= 4 is 22.8 Å². The fraction of sp³-hybridized carbons (Fsp3) is 0.294. The highest BCUT2D eigenvalue weighted by Crippen LogP contribution is 2.23. The number of pyridine rings is 1. The van der Waals surface area contributed by atoms with Crippen LogP contribution in [0.15, 0.2) is 36.5 Å². The van der Waals surface area contributed by atoms with Crippen molar-refractivity contribution in [1.29, 1.82) is 0 Å². The summed E-state index contributed by atoms with van der Waals surface area (Å²) in [7, 11) is 0. The summed E-state index contributed by atoms with van der Waals surface area (Å²) in [5, 5.41) is 19.7. The Labute approximate surface area is 159 Å². The molecule has 1 aromatic carbocycles. The molecule has 11 nitrogen and oxygen atoms in total. The molecule has 1 amide bonds. The number of hydrazine groups is 1. The number of nitrogens with zero attached hydrogens (tertiary/aromatic N) is 5. The molecular weight excluding hydrogens is 364 g/mol. The van der Waals surface area contributed by atoms with Gasteiger partial charge in [0.2, 0.25) is 5.82 Å². The Morgan fingerprint density at radius 1 is 1.21 bits per heavy atom. The highest BCUT2D eigenvalue weighted by Gasteiger charge is 2.19. The molecule has 2 aromatic heterocycles. The van der Waals surface area contributed by atoms with Crippen molar-refractivity contribution in [2.45, 2.75) is 6.10 Å². The Kier molecular flexibility index (Phi) is 5.45. The van der Waals surface area contributed by atoms with Crippen LogP contribution < -0.4 is 20.9 Å². The van der Waals surface area contributed by atoms with E-state index in [0.717, 1.165) is 17.4 Å². The first-order chi connectivity index (χ1) is 13.8. The van der Waals surface area contributed by atoms with Crippen LogP contribution in [-0.4, -0.2) is 57.6 Å². The molecule has 0 radical (unpaired) electrons. The van der Waals surface area contributed by atoms with Crippen molar-refractivity contribution < 1.29 is 14.3 Å². The maximum Gasteiger partial charge on any atom is 0.280 e. The van der Waals surface area contributed by atoms with Gasteiger partial charge in [-0.3, -0.25) is 20.6 Å². The summed E-state index contributed by atoms with van der Waals surface area (Å²) in [6.45, 7) is 1.78. The Hall–Kier alpha value is -3.44. The predicted molar refractivity (Wildman–Crippen MR) is 98.2 cm³/mol. The maximum absolute atomic E-state index is 12.0. The lowest BCUT2D eigenvalue weighted by atomic mass is 10.2. The number of fused-ring (bicyclic) bond motifs is 1. The average Bonchev–Trinajstić information content (AvgIpc) is 2.77. The van der Waals surface area contributed by atoms with Gasteiger partial charge in [0.05, 0.1) is 12.1 Å². The molecular formula is C17H18N8O3. The summed E-state index contributed by atoms with van der Waals surface area (Å²) < 4.78 is 11.1. The third kappa shape index (κ3) is 4.27. The molecule has 1 unspecified atom stereocenters. The lowest BCUT2D eigenvalue weighted by molar-refractivity contribution is -0.122. The van der Waals surface area contributed by atoms with Crippen molar-refractivity contribution in [3.8, 4) is 5.75 Å². The number of morpholine rings is 1. The van der Waals surface area contributed by atoms with E-state index in [2.05, 4.69) is 41.5 Å². The molecule has 0 saturated carbocycles. The van der Waals surface area contributed by atoms with Gasteiger partial charge in [0.1, 0.15) is 11.9 Å². The molecule has 0 spiro atoms. The van der Waals surface area contributed by atoms with Crippen LogP contribution in [0.3, 0.4) is 0 Å². The summed E-state index contributed by atoms with van der Waals surface area (Å²) in [4.78, 5) is 16.3. The average molecular weight is 382 g/mol. The van der Waals surface area contributed by atoms with E-state index in [4.69, 9.17) is 9.47 Å². The number of anilines is 1. The fourth-order valence-corrected chi connectivity index (χ4v) is 2.65. The van der Waals surface area contributed by atoms with Crippen molar-refractivity contribution in [2.24, 2.45) is 0 Å². The highest BCUT2D eigenvalue weighted by atomic mass is 16.5. The van der Waals surface area contributed by atoms with E-state index in [1.165, 1.54) is 0 Å². The van der Waals surface area contributed by atoms with Crippen LogP contribution in [0, 0.1) is 0 Å². The molecule has 144 valence electrons. The Balaban J connectivity index is 1.28. The molecule has 3 N–H and O–H groups in total. The van der Waals surface area contributed by atoms with Gasteiger partial charge in [0.25, 0.3) is 11.9 Å². The highest BCUT2D eigenvalue weighted by molar-refractivity contribution is 5.85. The van der Waals surface area contributed by atoms with Crippen LogP contribution in [0.1, 0.15) is 11.9 Å². The normalized spacial score (nSPS) is 16.5. The van der Waals surface area contributed by atoms with Gasteiger partial charge in [0.15, 0.2) is 6.61 Å². The topological polar surface area (TPSA) is 136 Å². The Morgan fingerprint density at radius 3 is 2.89 bits per heavy atom. The third-order valence-corrected chi connectivity index (χ3v) is 3.99. The number of carbonyl (C=O) groups excluding carboxylic acids is 1. The smallest absolute Gasteiger partial charge is 0.280 e. The fourth-order valence-electron chi connectivity index (χ4n) is 2.65. The molecule has 1 fully saturated rings. The summed E-state index contributed by atoms with van der Waals surface area (Å²) in [6.07, 6.45) is 1.35. The second kappa shape index (κ2) is 8.50. The van der Waals surface area contributed by atoms with Crippen LogP contribution in [0.25, 0.3) is 10.9 Å². The number of para-hydroxylation sites is 1. The van der Waals surface area contributed by atoms with Gasteiger partial charge in [-0.1, -0.05) is 12.1 Å². The van der Waals surface area contributed by atoms with E-state index in [1.54, 1.807) is 12.3 Å². The lowest BCUT2D eigenvalue weighted by Crippen LogP contribution is -2.36. The molecule has 4 rings (SSSR count). The summed E-state index contributed by atoms with van der Waals surface area (Å²) in [6, 6.07) is 9.24. The van der Waals surface area contributed by atoms with Gasteiger partial charge < -0.3 is 14.8 Å². The number of hydrogen-bond donors (Lipinski definition) is 3. The van der Waals surface area contributed by atoms with Crippen molar-refractivity contribution in [3.05, 3.63) is 42.4 Å². The molecule has 3 aromatic rings. The Bertz CT molecular complexity index is 941. The van der Waals surface area contributed by atoms with Crippen molar-refractivity contribution in [3.63, 3.8) is 0 Å². The molecule has 3 heterocycles. The maximum atomic E-state index is 12.0. The first kappa shape index (κ1) is 17.9. The van der Waals surface area contributed by atoms with Crippen molar-refractivity contribution in [2.75, 3.05) is 31.7 Å². The van der Waals surface area contributed by atoms with Gasteiger partial charge in [0, 0.05) is 24.7 Å². The minimum atomic E-state index is -0.409. The first-order valence-corrected chi connectivity index (χ1v) is 8.70. The van der Waals surface area contributed by atoms with Gasteiger partial charge in [-0.25, -0.2) is 0 Å². The number of ether oxygens (including phenoxy) is 2. The molecule has 1 aliphatic heterocycles. The number of benzene rings is 1. The molecule has 1 atom stereocenters. The summed E-state index contributed by atoms with van der Waals surface area (Å²) in [5.74, 6) is 0.617. The van der Waals surface area contributed by atoms with Crippen LogP contribution in [0.2, 0.25) is 0 Å². The van der Waals surface area contributed by atoms with Gasteiger partial charge in [-0.05, 0) is 18.2 Å². The van der Waals surface area contributed by atoms with Crippen LogP contribution in [0.4, 0.5) is 5.95 Å². The van der Waals surface area contributed by atoms with Gasteiger partial charge in [-0.2, -0.15) is 0 Å². The second-order valence-electron chi connectivity index (χ2n) is 5.93. The predicted octanol–water partition coefficient (Wildman–Crippen LogP) is -0.00220. The van der Waals surface area contributed by atoms with E-state index in [9.17, 15) is 4.79 Å². The number of carbonyl (C=O) groups is 1. The second-order valence-corrected chi connectivity index (χ2v) is 5.93. The molecule has 0 bridgehead atoms. The van der Waals surface area contributed by atoms with E-state index in [0.29, 0.717) is 24.7 Å². The van der Waals surface area contributed by atoms with Gasteiger partial charge in [-0.15, -0.1) is 20.4 Å². The minimum absolute atomic E-state index is 0.0650. The van der Waals surface area contributed by atoms with Gasteiger partial charge >= 0.3 is 0 Å². The SMILES string of the molecule is O=C(COc1ccnc2ccccc12)NNc1nnc(C2CNCCO2)nn1. The molecule has 1 aliphatic rings. The number of aromatic nitrogens is 5. The summed E-state index contributed by atoms with van der Waals surface area (Å²) >= 11 is 0. The zero-order valence-electron chi connectivity index (χ0n) is 14.8. The van der Waals surface area contributed by atoms with Crippen LogP contribution in [-0.2, 0) is 9.53 Å². The van der Waals surface area contributed by atoms with E-state index >= 15 is 0 Å². The Morgan fingerprint density at radius 2 is 2.07 bits per heavy atom. The molecule has 28 heavy (non-hydrogen) atoms. The van der Waals surface area contributed by atoms with Crippen molar-refractivity contribution in [1.82, 2.24) is 36.1 Å². The van der Waals surface area contributed by atoms with E-state index in [-0.39, 0.29) is 18.7 Å². The number of rotatable bonds is 6. The number of nitrogens with one attached hydrogen (secondary N) is 3. The molecule has 11 heteroatoms. The zero-order valence-corrected chi connectivity index (χ0v) is 14.8. The van der Waals surface area contributed by atoms with Crippen LogP contribution in [0.5, 0.6) is 5.75 Å². The monoisotopic (exact) mass is 382 g/mol. The van der Waals surface area contributed by atoms with E-state index in [1.807, 2.05) is 24.3 Å².